The first kappa shape index (κ1) is 21.4. The molecule has 29 heavy (non-hydrogen) atoms. The van der Waals surface area contributed by atoms with E-state index in [0.29, 0.717) is 24.2 Å². The molecule has 154 valence electrons. The molecule has 0 radical (unpaired) electrons. The molecular weight excluding hydrogens is 387 g/mol. The van der Waals surface area contributed by atoms with E-state index in [-0.39, 0.29) is 29.1 Å². The van der Waals surface area contributed by atoms with Gasteiger partial charge in [-0.15, -0.1) is 11.8 Å². The van der Waals surface area contributed by atoms with Gasteiger partial charge in [-0.3, -0.25) is 9.59 Å². The number of rotatable bonds is 9. The molecule has 2 aromatic carbocycles. The predicted octanol–water partition coefficient (Wildman–Crippen LogP) is 4.81. The summed E-state index contributed by atoms with van der Waals surface area (Å²) in [6.45, 7) is 4.95. The monoisotopic (exact) mass is 414 g/mol. The highest BCUT2D eigenvalue weighted by molar-refractivity contribution is 8.00. The lowest BCUT2D eigenvalue weighted by Gasteiger charge is -2.23. The van der Waals surface area contributed by atoms with Crippen LogP contribution in [0, 0.1) is 5.82 Å². The molecule has 2 aromatic rings. The van der Waals surface area contributed by atoms with Crippen LogP contribution < -0.4 is 5.32 Å². The van der Waals surface area contributed by atoms with Crippen LogP contribution in [0.15, 0.2) is 48.5 Å². The summed E-state index contributed by atoms with van der Waals surface area (Å²) in [6, 6.07) is 14.4. The van der Waals surface area contributed by atoms with Gasteiger partial charge in [0.15, 0.2) is 0 Å². The molecule has 1 fully saturated rings. The van der Waals surface area contributed by atoms with Crippen molar-refractivity contribution in [3.8, 4) is 0 Å². The summed E-state index contributed by atoms with van der Waals surface area (Å²) in [7, 11) is 0. The lowest BCUT2D eigenvalue weighted by atomic mass is 10.0. The molecule has 3 rings (SSSR count). The second-order valence-electron chi connectivity index (χ2n) is 7.70. The Labute approximate surface area is 175 Å². The zero-order valence-electron chi connectivity index (χ0n) is 16.9. The standard InChI is InChI=1S/C23H27FN2O2S/c1-16(2)18-5-3-17(4-6-18)13-26(21-11-12-21)23(28)15-29-14-22(27)25-20-9-7-19(24)8-10-20/h3-10,16,21H,11-15H2,1-2H3,(H,25,27). The molecule has 0 bridgehead atoms. The Hall–Kier alpha value is -2.34. The van der Waals surface area contributed by atoms with Crippen LogP contribution in [-0.4, -0.2) is 34.3 Å². The van der Waals surface area contributed by atoms with E-state index < -0.39 is 0 Å². The summed E-state index contributed by atoms with van der Waals surface area (Å²) in [6.07, 6.45) is 2.09. The maximum atomic E-state index is 12.9. The Morgan fingerprint density at radius 2 is 1.72 bits per heavy atom. The SMILES string of the molecule is CC(C)c1ccc(CN(C(=O)CSCC(=O)Nc2ccc(F)cc2)C2CC2)cc1. The third kappa shape index (κ3) is 6.60. The van der Waals surface area contributed by atoms with Crippen molar-refractivity contribution >= 4 is 29.3 Å². The zero-order chi connectivity index (χ0) is 20.8. The third-order valence-electron chi connectivity index (χ3n) is 4.89. The maximum absolute atomic E-state index is 12.9. The van der Waals surface area contributed by atoms with Crippen molar-refractivity contribution in [3.05, 3.63) is 65.5 Å². The fourth-order valence-corrected chi connectivity index (χ4v) is 3.76. The van der Waals surface area contributed by atoms with E-state index in [4.69, 9.17) is 0 Å². The Morgan fingerprint density at radius 1 is 1.07 bits per heavy atom. The number of nitrogens with zero attached hydrogens (tertiary/aromatic N) is 1. The van der Waals surface area contributed by atoms with E-state index in [1.54, 1.807) is 0 Å². The highest BCUT2D eigenvalue weighted by Gasteiger charge is 2.32. The number of anilines is 1. The molecule has 0 heterocycles. The van der Waals surface area contributed by atoms with Crippen LogP contribution in [0.25, 0.3) is 0 Å². The smallest absolute Gasteiger partial charge is 0.234 e. The minimum atomic E-state index is -0.345. The molecule has 0 atom stereocenters. The Bertz CT molecular complexity index is 833. The van der Waals surface area contributed by atoms with Crippen molar-refractivity contribution < 1.29 is 14.0 Å². The summed E-state index contributed by atoms with van der Waals surface area (Å²) in [5.41, 5.74) is 2.97. The highest BCUT2D eigenvalue weighted by atomic mass is 32.2. The van der Waals surface area contributed by atoms with Crippen LogP contribution in [0.4, 0.5) is 10.1 Å². The molecule has 0 saturated heterocycles. The average molecular weight is 415 g/mol. The lowest BCUT2D eigenvalue weighted by molar-refractivity contribution is -0.129. The number of thioether (sulfide) groups is 1. The molecule has 0 unspecified atom stereocenters. The molecule has 0 aliphatic heterocycles. The quantitative estimate of drug-likeness (QED) is 0.640. The van der Waals surface area contributed by atoms with Gasteiger partial charge in [0.2, 0.25) is 11.8 Å². The van der Waals surface area contributed by atoms with Crippen LogP contribution >= 0.6 is 11.8 Å². The first-order valence-corrected chi connectivity index (χ1v) is 11.1. The first-order valence-electron chi connectivity index (χ1n) is 9.94. The molecule has 1 saturated carbocycles. The highest BCUT2D eigenvalue weighted by Crippen LogP contribution is 2.29. The number of hydrogen-bond donors (Lipinski definition) is 1. The summed E-state index contributed by atoms with van der Waals surface area (Å²) < 4.78 is 12.9. The molecule has 2 amide bonds. The van der Waals surface area contributed by atoms with E-state index >= 15 is 0 Å². The van der Waals surface area contributed by atoms with Gasteiger partial charge >= 0.3 is 0 Å². The number of hydrogen-bond acceptors (Lipinski definition) is 3. The second-order valence-corrected chi connectivity index (χ2v) is 8.68. The van der Waals surface area contributed by atoms with Crippen LogP contribution in [-0.2, 0) is 16.1 Å². The summed E-state index contributed by atoms with van der Waals surface area (Å²) >= 11 is 1.30. The van der Waals surface area contributed by atoms with Gasteiger partial charge in [-0.05, 0) is 54.2 Å². The molecule has 4 nitrogen and oxygen atoms in total. The van der Waals surface area contributed by atoms with Crippen molar-refractivity contribution in [1.82, 2.24) is 4.90 Å². The van der Waals surface area contributed by atoms with Gasteiger partial charge in [0.05, 0.1) is 11.5 Å². The molecular formula is C23H27FN2O2S. The van der Waals surface area contributed by atoms with Gasteiger partial charge in [0.25, 0.3) is 0 Å². The number of nitrogens with one attached hydrogen (secondary N) is 1. The zero-order valence-corrected chi connectivity index (χ0v) is 17.7. The van der Waals surface area contributed by atoms with Gasteiger partial charge in [-0.25, -0.2) is 4.39 Å². The van der Waals surface area contributed by atoms with Gasteiger partial charge in [0.1, 0.15) is 5.82 Å². The number of carbonyl (C=O) groups excluding carboxylic acids is 2. The van der Waals surface area contributed by atoms with Crippen molar-refractivity contribution in [1.29, 1.82) is 0 Å². The number of halogens is 1. The Morgan fingerprint density at radius 3 is 2.31 bits per heavy atom. The van der Waals surface area contributed by atoms with Gasteiger partial charge in [-0.2, -0.15) is 0 Å². The van der Waals surface area contributed by atoms with E-state index in [1.165, 1.54) is 41.6 Å². The molecule has 1 N–H and O–H groups in total. The van der Waals surface area contributed by atoms with Crippen molar-refractivity contribution in [2.24, 2.45) is 0 Å². The van der Waals surface area contributed by atoms with Crippen LogP contribution in [0.3, 0.4) is 0 Å². The minimum Gasteiger partial charge on any atom is -0.335 e. The number of benzene rings is 2. The van der Waals surface area contributed by atoms with E-state index in [9.17, 15) is 14.0 Å². The number of carbonyl (C=O) groups is 2. The molecule has 0 aromatic heterocycles. The Balaban J connectivity index is 1.47. The second kappa shape index (κ2) is 9.92. The summed E-state index contributed by atoms with van der Waals surface area (Å²) in [5, 5.41) is 2.71. The molecule has 6 heteroatoms. The maximum Gasteiger partial charge on any atom is 0.234 e. The third-order valence-corrected chi connectivity index (χ3v) is 5.81. The van der Waals surface area contributed by atoms with E-state index in [0.717, 1.165) is 18.4 Å². The fourth-order valence-electron chi connectivity index (χ4n) is 3.06. The van der Waals surface area contributed by atoms with Crippen LogP contribution in [0.2, 0.25) is 0 Å². The van der Waals surface area contributed by atoms with Crippen LogP contribution in [0.5, 0.6) is 0 Å². The summed E-state index contributed by atoms with van der Waals surface area (Å²) in [5.74, 6) is 0.476. The van der Waals surface area contributed by atoms with Gasteiger partial charge in [0, 0.05) is 18.3 Å². The van der Waals surface area contributed by atoms with Crippen LogP contribution in [0.1, 0.15) is 43.7 Å². The topological polar surface area (TPSA) is 49.4 Å². The number of amides is 2. The van der Waals surface area contributed by atoms with E-state index in [1.807, 2.05) is 4.90 Å². The molecule has 1 aliphatic carbocycles. The summed E-state index contributed by atoms with van der Waals surface area (Å²) in [4.78, 5) is 26.7. The normalized spacial score (nSPS) is 13.4. The fraction of sp³-hybridized carbons (Fsp3) is 0.391. The van der Waals surface area contributed by atoms with Crippen molar-refractivity contribution in [3.63, 3.8) is 0 Å². The average Bonchev–Trinajstić information content (AvgIpc) is 3.53. The molecule has 1 aliphatic rings. The van der Waals surface area contributed by atoms with Crippen molar-refractivity contribution in [2.45, 2.75) is 45.2 Å². The Kier molecular flexibility index (Phi) is 7.31. The first-order chi connectivity index (χ1) is 13.9. The minimum absolute atomic E-state index is 0.0695. The van der Waals surface area contributed by atoms with E-state index in [2.05, 4.69) is 43.4 Å². The predicted molar refractivity (Wildman–Crippen MR) is 116 cm³/mol. The largest absolute Gasteiger partial charge is 0.335 e. The lowest BCUT2D eigenvalue weighted by Crippen LogP contribution is -2.34. The van der Waals surface area contributed by atoms with Crippen molar-refractivity contribution in [2.75, 3.05) is 16.8 Å². The van der Waals surface area contributed by atoms with Gasteiger partial charge in [-0.1, -0.05) is 38.1 Å². The molecule has 0 spiro atoms. The van der Waals surface area contributed by atoms with Gasteiger partial charge < -0.3 is 10.2 Å².